The van der Waals surface area contributed by atoms with Crippen LogP contribution in [0.2, 0.25) is 16.9 Å². The summed E-state index contributed by atoms with van der Waals surface area (Å²) in [7, 11) is -0.653. The number of hydrogen-bond donors (Lipinski definition) is 1. The van der Waals surface area contributed by atoms with Crippen molar-refractivity contribution in [2.75, 3.05) is 24.5 Å². The van der Waals surface area contributed by atoms with E-state index < -0.39 is 13.1 Å². The van der Waals surface area contributed by atoms with Gasteiger partial charge in [0.05, 0.1) is 5.69 Å². The first kappa shape index (κ1) is 15.6. The molecule has 2 aliphatic heterocycles. The molecule has 116 valence electrons. The number of halogens is 2. The molecule has 1 N–H and O–H groups in total. The molecule has 3 rings (SSSR count). The Labute approximate surface area is 138 Å². The summed E-state index contributed by atoms with van der Waals surface area (Å²) in [6.45, 7) is 2.88. The van der Waals surface area contributed by atoms with Crippen molar-refractivity contribution < 1.29 is 14.6 Å². The van der Waals surface area contributed by atoms with Gasteiger partial charge in [0.15, 0.2) is 0 Å². The van der Waals surface area contributed by atoms with E-state index in [1.54, 1.807) is 17.7 Å². The summed E-state index contributed by atoms with van der Waals surface area (Å²) >= 11 is 11.9. The summed E-state index contributed by atoms with van der Waals surface area (Å²) in [4.78, 5) is 29.5. The summed E-state index contributed by atoms with van der Waals surface area (Å²) < 4.78 is 0. The van der Waals surface area contributed by atoms with Gasteiger partial charge in [-0.1, -0.05) is 23.2 Å². The van der Waals surface area contributed by atoms with Gasteiger partial charge >= 0.3 is 13.1 Å². The van der Waals surface area contributed by atoms with Crippen LogP contribution in [-0.2, 0) is 4.79 Å². The molecule has 9 heteroatoms. The van der Waals surface area contributed by atoms with Gasteiger partial charge in [-0.05, 0) is 25.0 Å². The highest BCUT2D eigenvalue weighted by Crippen LogP contribution is 2.31. The molecule has 1 atom stereocenters. The Morgan fingerprint density at radius 3 is 2.41 bits per heavy atom. The smallest absolute Gasteiger partial charge is 0.376 e. The van der Waals surface area contributed by atoms with E-state index in [2.05, 4.69) is 0 Å². The van der Waals surface area contributed by atoms with E-state index in [1.807, 2.05) is 0 Å². The predicted molar refractivity (Wildman–Crippen MR) is 85.2 cm³/mol. The van der Waals surface area contributed by atoms with Crippen molar-refractivity contribution in [3.05, 3.63) is 28.2 Å². The van der Waals surface area contributed by atoms with Crippen molar-refractivity contribution in [1.82, 2.24) is 9.71 Å². The Balaban J connectivity index is 1.92. The number of imide groups is 1. The molecule has 1 aromatic carbocycles. The fourth-order valence-electron chi connectivity index (χ4n) is 2.86. The monoisotopic (exact) mass is 341 g/mol. The van der Waals surface area contributed by atoms with Gasteiger partial charge in [0.25, 0.3) is 5.91 Å². The Morgan fingerprint density at radius 1 is 1.18 bits per heavy atom. The Morgan fingerprint density at radius 2 is 1.82 bits per heavy atom. The second-order valence-corrected chi connectivity index (χ2v) is 6.29. The van der Waals surface area contributed by atoms with E-state index in [4.69, 9.17) is 23.2 Å². The van der Waals surface area contributed by atoms with Gasteiger partial charge < -0.3 is 14.7 Å². The highest BCUT2D eigenvalue weighted by atomic mass is 35.5. The molecule has 2 aliphatic rings. The number of piperazine rings is 1. The molecular formula is C13H14BCl2N3O3. The normalized spacial score (nSPS) is 22.3. The van der Waals surface area contributed by atoms with E-state index in [9.17, 15) is 14.6 Å². The van der Waals surface area contributed by atoms with Crippen molar-refractivity contribution in [2.45, 2.75) is 12.9 Å². The highest BCUT2D eigenvalue weighted by molar-refractivity contribution is 6.45. The zero-order chi connectivity index (χ0) is 16.0. The maximum Gasteiger partial charge on any atom is 0.376 e. The third kappa shape index (κ3) is 2.58. The topological polar surface area (TPSA) is 64.1 Å². The van der Waals surface area contributed by atoms with Gasteiger partial charge in [-0.2, -0.15) is 0 Å². The zero-order valence-electron chi connectivity index (χ0n) is 11.9. The quantitative estimate of drug-likeness (QED) is 0.655. The van der Waals surface area contributed by atoms with Gasteiger partial charge in [-0.25, -0.2) is 9.69 Å². The fourth-order valence-corrected chi connectivity index (χ4v) is 3.38. The number of rotatable bonds is 2. The molecule has 1 unspecified atom stereocenters. The van der Waals surface area contributed by atoms with Crippen LogP contribution in [-0.4, -0.2) is 59.4 Å². The number of anilines is 1. The zero-order valence-corrected chi connectivity index (χ0v) is 13.4. The lowest BCUT2D eigenvalue weighted by atomic mass is 9.83. The van der Waals surface area contributed by atoms with E-state index in [-0.39, 0.29) is 11.9 Å². The molecule has 0 saturated carbocycles. The van der Waals surface area contributed by atoms with Gasteiger partial charge in [-0.15, -0.1) is 0 Å². The Hall–Kier alpha value is -1.28. The van der Waals surface area contributed by atoms with Crippen molar-refractivity contribution in [3.8, 4) is 0 Å². The van der Waals surface area contributed by atoms with Gasteiger partial charge in [0.1, 0.15) is 6.04 Å². The van der Waals surface area contributed by atoms with E-state index in [0.717, 1.165) is 4.90 Å². The van der Waals surface area contributed by atoms with E-state index in [0.29, 0.717) is 35.4 Å². The number of fused-ring (bicyclic) bond motifs is 1. The Kier molecular flexibility index (Phi) is 4.07. The van der Waals surface area contributed by atoms with Gasteiger partial charge in [0.2, 0.25) is 0 Å². The number of nitrogens with zero attached hydrogens (tertiary/aromatic N) is 3. The fraction of sp³-hybridized carbons (Fsp3) is 0.385. The van der Waals surface area contributed by atoms with Crippen LogP contribution in [0.25, 0.3) is 0 Å². The molecule has 1 aromatic rings. The summed E-state index contributed by atoms with van der Waals surface area (Å²) in [6.07, 6.45) is 0. The molecule has 0 bridgehead atoms. The molecular weight excluding hydrogens is 328 g/mol. The average Bonchev–Trinajstić information content (AvgIpc) is 2.69. The first-order valence-corrected chi connectivity index (χ1v) is 7.67. The molecule has 0 aromatic heterocycles. The van der Waals surface area contributed by atoms with Crippen molar-refractivity contribution in [2.24, 2.45) is 0 Å². The molecule has 2 heterocycles. The second kappa shape index (κ2) is 5.74. The van der Waals surface area contributed by atoms with Gasteiger partial charge in [-0.3, -0.25) is 4.79 Å². The van der Waals surface area contributed by atoms with Crippen LogP contribution in [0.4, 0.5) is 10.5 Å². The number of benzene rings is 1. The molecule has 22 heavy (non-hydrogen) atoms. The first-order valence-electron chi connectivity index (χ1n) is 6.91. The SMILES string of the molecule is CB(O)N1CCN2C(=O)N(c3cc(Cl)cc(Cl)c3)C(=O)C2C1. The molecule has 3 amide bonds. The van der Waals surface area contributed by atoms with Crippen LogP contribution in [0, 0.1) is 0 Å². The molecule has 0 radical (unpaired) electrons. The molecule has 2 saturated heterocycles. The van der Waals surface area contributed by atoms with E-state index in [1.165, 1.54) is 17.0 Å². The summed E-state index contributed by atoms with van der Waals surface area (Å²) in [6, 6.07) is 3.65. The van der Waals surface area contributed by atoms with Crippen molar-refractivity contribution >= 4 is 47.9 Å². The van der Waals surface area contributed by atoms with Gasteiger partial charge in [0, 0.05) is 29.7 Å². The van der Waals surface area contributed by atoms with Crippen molar-refractivity contribution in [3.63, 3.8) is 0 Å². The lowest BCUT2D eigenvalue weighted by Crippen LogP contribution is -2.56. The Bertz CT molecular complexity index is 623. The summed E-state index contributed by atoms with van der Waals surface area (Å²) in [5.74, 6) is -0.325. The minimum atomic E-state index is -0.653. The van der Waals surface area contributed by atoms with Crippen LogP contribution in [0.1, 0.15) is 0 Å². The number of urea groups is 1. The largest absolute Gasteiger partial charge is 0.437 e. The second-order valence-electron chi connectivity index (χ2n) is 5.42. The minimum Gasteiger partial charge on any atom is -0.437 e. The summed E-state index contributed by atoms with van der Waals surface area (Å²) in [5.41, 5.74) is 0.366. The lowest BCUT2D eigenvalue weighted by Gasteiger charge is -2.35. The third-order valence-corrected chi connectivity index (χ3v) is 4.42. The molecule has 2 fully saturated rings. The number of carbonyl (C=O) groups is 2. The first-order chi connectivity index (χ1) is 10.4. The van der Waals surface area contributed by atoms with Crippen LogP contribution in [0.5, 0.6) is 0 Å². The third-order valence-electron chi connectivity index (χ3n) is 3.99. The average molecular weight is 342 g/mol. The van der Waals surface area contributed by atoms with Crippen LogP contribution in [0.15, 0.2) is 18.2 Å². The predicted octanol–water partition coefficient (Wildman–Crippen LogP) is 1.56. The maximum atomic E-state index is 12.6. The van der Waals surface area contributed by atoms with Crippen LogP contribution >= 0.6 is 23.2 Å². The van der Waals surface area contributed by atoms with Crippen LogP contribution in [0.3, 0.4) is 0 Å². The number of amides is 3. The van der Waals surface area contributed by atoms with Crippen LogP contribution < -0.4 is 4.90 Å². The molecule has 6 nitrogen and oxygen atoms in total. The number of hydrogen-bond acceptors (Lipinski definition) is 4. The maximum absolute atomic E-state index is 12.6. The van der Waals surface area contributed by atoms with Crippen molar-refractivity contribution in [1.29, 1.82) is 0 Å². The molecule has 0 aliphatic carbocycles. The standard InChI is InChI=1S/C13H14BCl2N3O3/c1-14(22)17-2-3-18-11(7-17)12(20)19(13(18)21)10-5-8(15)4-9(16)6-10/h4-6,11,22H,2-3,7H2,1H3. The minimum absolute atomic E-state index is 0.313. The highest BCUT2D eigenvalue weighted by Gasteiger charge is 2.49. The molecule has 0 spiro atoms. The lowest BCUT2D eigenvalue weighted by molar-refractivity contribution is -0.120. The number of carbonyl (C=O) groups excluding carboxylic acids is 2. The van der Waals surface area contributed by atoms with E-state index >= 15 is 0 Å². The summed E-state index contributed by atoms with van der Waals surface area (Å²) in [5, 5.41) is 10.4.